The predicted octanol–water partition coefficient (Wildman–Crippen LogP) is 2.60. The third-order valence-electron chi connectivity index (χ3n) is 3.17. The fraction of sp³-hybridized carbons (Fsp3) is 0.267. The third kappa shape index (κ3) is 3.35. The number of nitrogens with one attached hydrogen (secondary N) is 1. The van der Waals surface area contributed by atoms with Crippen LogP contribution in [0.25, 0.3) is 0 Å². The van der Waals surface area contributed by atoms with Crippen molar-refractivity contribution in [3.8, 4) is 6.07 Å². The zero-order valence-electron chi connectivity index (χ0n) is 11.3. The SMILES string of the molecule is CNC(C#N)(CCSc1ccncn1)c1ccccc1. The molecule has 4 nitrogen and oxygen atoms in total. The monoisotopic (exact) mass is 284 g/mol. The van der Waals surface area contributed by atoms with Crippen LogP contribution in [0.4, 0.5) is 0 Å². The lowest BCUT2D eigenvalue weighted by Gasteiger charge is -2.26. The molecular weight excluding hydrogens is 268 g/mol. The maximum Gasteiger partial charge on any atom is 0.132 e. The number of hydrogen-bond acceptors (Lipinski definition) is 5. The van der Waals surface area contributed by atoms with Crippen LogP contribution in [-0.2, 0) is 5.54 Å². The molecule has 2 aromatic rings. The number of hydrogen-bond donors (Lipinski definition) is 1. The molecule has 1 heterocycles. The minimum Gasteiger partial charge on any atom is -0.299 e. The van der Waals surface area contributed by atoms with E-state index in [9.17, 15) is 5.26 Å². The summed E-state index contributed by atoms with van der Waals surface area (Å²) in [5.74, 6) is 0.806. The van der Waals surface area contributed by atoms with E-state index in [0.717, 1.165) is 16.3 Å². The lowest BCUT2D eigenvalue weighted by Crippen LogP contribution is -2.39. The summed E-state index contributed by atoms with van der Waals surface area (Å²) in [5.41, 5.74) is 0.342. The first-order valence-electron chi connectivity index (χ1n) is 6.35. The number of nitriles is 1. The quantitative estimate of drug-likeness (QED) is 0.652. The molecule has 2 rings (SSSR count). The summed E-state index contributed by atoms with van der Waals surface area (Å²) in [6.45, 7) is 0. The molecule has 1 aromatic carbocycles. The Morgan fingerprint density at radius 2 is 2.10 bits per heavy atom. The van der Waals surface area contributed by atoms with Gasteiger partial charge in [0.1, 0.15) is 11.9 Å². The number of rotatable bonds is 6. The molecule has 0 spiro atoms. The Morgan fingerprint density at radius 3 is 2.70 bits per heavy atom. The van der Waals surface area contributed by atoms with Gasteiger partial charge in [-0.1, -0.05) is 30.3 Å². The highest BCUT2D eigenvalue weighted by atomic mass is 32.2. The average Bonchev–Trinajstić information content (AvgIpc) is 2.54. The fourth-order valence-electron chi connectivity index (χ4n) is 1.99. The van der Waals surface area contributed by atoms with Gasteiger partial charge in [-0.25, -0.2) is 9.97 Å². The third-order valence-corrected chi connectivity index (χ3v) is 4.11. The molecule has 0 bridgehead atoms. The summed E-state index contributed by atoms with van der Waals surface area (Å²) < 4.78 is 0. The van der Waals surface area contributed by atoms with E-state index < -0.39 is 5.54 Å². The van der Waals surface area contributed by atoms with Gasteiger partial charge in [-0.3, -0.25) is 5.32 Å². The highest BCUT2D eigenvalue weighted by Gasteiger charge is 2.29. The van der Waals surface area contributed by atoms with Gasteiger partial charge in [0.25, 0.3) is 0 Å². The summed E-state index contributed by atoms with van der Waals surface area (Å²) in [6, 6.07) is 14.1. The molecule has 0 fully saturated rings. The van der Waals surface area contributed by atoms with Crippen LogP contribution in [0, 0.1) is 11.3 Å². The van der Waals surface area contributed by atoms with Crippen LogP contribution < -0.4 is 5.32 Å². The molecule has 0 amide bonds. The molecule has 0 aliphatic rings. The minimum absolute atomic E-state index is 0.651. The summed E-state index contributed by atoms with van der Waals surface area (Å²) in [5, 5.41) is 13.7. The molecular formula is C15H16N4S. The van der Waals surface area contributed by atoms with Crippen LogP contribution in [-0.4, -0.2) is 22.8 Å². The van der Waals surface area contributed by atoms with E-state index in [0.29, 0.717) is 6.42 Å². The number of thioether (sulfide) groups is 1. The van der Waals surface area contributed by atoms with Gasteiger partial charge in [-0.2, -0.15) is 5.26 Å². The first-order chi connectivity index (χ1) is 9.80. The van der Waals surface area contributed by atoms with E-state index >= 15 is 0 Å². The van der Waals surface area contributed by atoms with Gasteiger partial charge < -0.3 is 0 Å². The molecule has 1 aromatic heterocycles. The first kappa shape index (κ1) is 14.5. The Kier molecular flexibility index (Phi) is 5.10. The van der Waals surface area contributed by atoms with Gasteiger partial charge >= 0.3 is 0 Å². The molecule has 0 saturated heterocycles. The molecule has 1 N–H and O–H groups in total. The first-order valence-corrected chi connectivity index (χ1v) is 7.34. The molecule has 0 aliphatic heterocycles. The van der Waals surface area contributed by atoms with Crippen molar-refractivity contribution in [1.29, 1.82) is 5.26 Å². The standard InChI is InChI=1S/C15H16N4S/c1-17-15(11-16,13-5-3-2-4-6-13)8-10-20-14-7-9-18-12-19-14/h2-7,9,12,17H,8,10H2,1H3. The molecule has 1 unspecified atom stereocenters. The Bertz CT molecular complexity index is 567. The topological polar surface area (TPSA) is 61.6 Å². The smallest absolute Gasteiger partial charge is 0.132 e. The van der Waals surface area contributed by atoms with Crippen molar-refractivity contribution in [3.63, 3.8) is 0 Å². The zero-order chi connectivity index (χ0) is 14.3. The van der Waals surface area contributed by atoms with Crippen LogP contribution in [0.5, 0.6) is 0 Å². The largest absolute Gasteiger partial charge is 0.299 e. The van der Waals surface area contributed by atoms with Crippen LogP contribution in [0.3, 0.4) is 0 Å². The second-order valence-electron chi connectivity index (χ2n) is 4.28. The predicted molar refractivity (Wildman–Crippen MR) is 80.2 cm³/mol. The van der Waals surface area contributed by atoms with E-state index in [1.807, 2.05) is 43.4 Å². The maximum absolute atomic E-state index is 9.58. The van der Waals surface area contributed by atoms with Gasteiger partial charge in [0, 0.05) is 11.9 Å². The van der Waals surface area contributed by atoms with Gasteiger partial charge in [-0.15, -0.1) is 11.8 Å². The summed E-state index contributed by atoms with van der Waals surface area (Å²) in [7, 11) is 1.82. The van der Waals surface area contributed by atoms with Crippen molar-refractivity contribution in [3.05, 3.63) is 54.5 Å². The Balaban J connectivity index is 2.05. The second-order valence-corrected chi connectivity index (χ2v) is 5.39. The van der Waals surface area contributed by atoms with Gasteiger partial charge in [-0.05, 0) is 25.1 Å². The Hall–Kier alpha value is -1.90. The number of benzene rings is 1. The van der Waals surface area contributed by atoms with Crippen molar-refractivity contribution in [2.45, 2.75) is 17.0 Å². The van der Waals surface area contributed by atoms with E-state index in [2.05, 4.69) is 21.4 Å². The molecule has 0 radical (unpaired) electrons. The second kappa shape index (κ2) is 7.04. The van der Waals surface area contributed by atoms with E-state index in [4.69, 9.17) is 0 Å². The van der Waals surface area contributed by atoms with Crippen molar-refractivity contribution in [2.75, 3.05) is 12.8 Å². The lowest BCUT2D eigenvalue weighted by molar-refractivity contribution is 0.457. The summed E-state index contributed by atoms with van der Waals surface area (Å²) in [4.78, 5) is 8.06. The van der Waals surface area contributed by atoms with Crippen molar-refractivity contribution in [1.82, 2.24) is 15.3 Å². The minimum atomic E-state index is -0.651. The average molecular weight is 284 g/mol. The molecule has 0 aliphatic carbocycles. The van der Waals surface area contributed by atoms with Crippen molar-refractivity contribution in [2.24, 2.45) is 0 Å². The van der Waals surface area contributed by atoms with Crippen LogP contribution in [0.2, 0.25) is 0 Å². The Morgan fingerprint density at radius 1 is 1.30 bits per heavy atom. The summed E-state index contributed by atoms with van der Waals surface area (Å²) in [6.07, 6.45) is 3.97. The number of aromatic nitrogens is 2. The summed E-state index contributed by atoms with van der Waals surface area (Å²) >= 11 is 1.63. The fourth-order valence-corrected chi connectivity index (χ4v) is 2.88. The molecule has 20 heavy (non-hydrogen) atoms. The Labute approximate surface area is 123 Å². The zero-order valence-corrected chi connectivity index (χ0v) is 12.1. The van der Waals surface area contributed by atoms with Crippen LogP contribution >= 0.6 is 11.8 Å². The molecule has 0 saturated carbocycles. The van der Waals surface area contributed by atoms with E-state index in [-0.39, 0.29) is 0 Å². The number of nitrogens with zero attached hydrogens (tertiary/aromatic N) is 3. The van der Waals surface area contributed by atoms with E-state index in [1.54, 1.807) is 18.0 Å². The van der Waals surface area contributed by atoms with Crippen LogP contribution in [0.1, 0.15) is 12.0 Å². The molecule has 1 atom stereocenters. The molecule has 5 heteroatoms. The normalized spacial score (nSPS) is 13.4. The van der Waals surface area contributed by atoms with Crippen molar-refractivity contribution < 1.29 is 0 Å². The lowest BCUT2D eigenvalue weighted by atomic mass is 9.89. The molecule has 102 valence electrons. The highest BCUT2D eigenvalue weighted by molar-refractivity contribution is 7.99. The van der Waals surface area contributed by atoms with Gasteiger partial charge in [0.2, 0.25) is 0 Å². The van der Waals surface area contributed by atoms with E-state index in [1.165, 1.54) is 6.33 Å². The van der Waals surface area contributed by atoms with Crippen molar-refractivity contribution >= 4 is 11.8 Å². The maximum atomic E-state index is 9.58. The highest BCUT2D eigenvalue weighted by Crippen LogP contribution is 2.27. The van der Waals surface area contributed by atoms with Gasteiger partial charge in [0.05, 0.1) is 11.1 Å². The van der Waals surface area contributed by atoms with Crippen LogP contribution in [0.15, 0.2) is 53.9 Å². The van der Waals surface area contributed by atoms with Gasteiger partial charge in [0.15, 0.2) is 0 Å².